The molecule has 0 fully saturated rings. The van der Waals surface area contributed by atoms with Crippen LogP contribution in [-0.4, -0.2) is 42.3 Å². The number of hydrogen-bond donors (Lipinski definition) is 3. The molecule has 0 aromatic heterocycles. The van der Waals surface area contributed by atoms with Crippen LogP contribution in [0.3, 0.4) is 0 Å². The van der Waals surface area contributed by atoms with Crippen LogP contribution >= 0.6 is 0 Å². The third-order valence-corrected chi connectivity index (χ3v) is 2.10. The van der Waals surface area contributed by atoms with Gasteiger partial charge in [-0.3, -0.25) is 9.59 Å². The highest BCUT2D eigenvalue weighted by Crippen LogP contribution is 1.95. The Balaban J connectivity index is 3.58. The van der Waals surface area contributed by atoms with Crippen LogP contribution in [0.1, 0.15) is 26.7 Å². The average Bonchev–Trinajstić information content (AvgIpc) is 2.23. The van der Waals surface area contributed by atoms with Crippen molar-refractivity contribution in [1.82, 2.24) is 5.32 Å². The number of carbonyl (C=O) groups is 2. The zero-order valence-corrected chi connectivity index (χ0v) is 9.73. The second-order valence-electron chi connectivity index (χ2n) is 3.51. The number of nitrogens with two attached hydrogens (primary N) is 1. The molecule has 16 heavy (non-hydrogen) atoms. The predicted octanol–water partition coefficient (Wildman–Crippen LogP) is -0.280. The minimum atomic E-state index is -1.00. The van der Waals surface area contributed by atoms with Crippen molar-refractivity contribution in [1.29, 1.82) is 0 Å². The highest BCUT2D eigenvalue weighted by atomic mass is 16.5. The summed E-state index contributed by atoms with van der Waals surface area (Å²) in [5.41, 5.74) is 5.32. The number of aliphatic carboxylic acids is 1. The summed E-state index contributed by atoms with van der Waals surface area (Å²) in [5, 5.41) is 11.5. The van der Waals surface area contributed by atoms with E-state index in [9.17, 15) is 9.59 Å². The van der Waals surface area contributed by atoms with Crippen LogP contribution in [0.15, 0.2) is 0 Å². The normalized spacial score (nSPS) is 14.2. The number of ether oxygens (including phenoxy) is 1. The molecule has 0 unspecified atom stereocenters. The van der Waals surface area contributed by atoms with E-state index in [2.05, 4.69) is 5.32 Å². The van der Waals surface area contributed by atoms with E-state index < -0.39 is 12.0 Å². The largest absolute Gasteiger partial charge is 0.480 e. The van der Waals surface area contributed by atoms with Gasteiger partial charge in [0.05, 0.1) is 6.61 Å². The Kier molecular flexibility index (Phi) is 7.49. The maximum atomic E-state index is 11.2. The van der Waals surface area contributed by atoms with Crippen molar-refractivity contribution in [2.45, 2.75) is 38.8 Å². The molecule has 0 bridgehead atoms. The molecule has 0 aromatic carbocycles. The lowest BCUT2D eigenvalue weighted by Crippen LogP contribution is -2.37. The molecule has 0 spiro atoms. The van der Waals surface area contributed by atoms with Gasteiger partial charge >= 0.3 is 11.9 Å². The molecular formula is C10H20N2O4. The summed E-state index contributed by atoms with van der Waals surface area (Å²) in [7, 11) is 0. The van der Waals surface area contributed by atoms with Crippen molar-refractivity contribution in [3.05, 3.63) is 0 Å². The lowest BCUT2D eigenvalue weighted by molar-refractivity contribution is -0.145. The topological polar surface area (TPSA) is 102 Å². The van der Waals surface area contributed by atoms with Crippen molar-refractivity contribution in [3.63, 3.8) is 0 Å². The Bertz CT molecular complexity index is 233. The van der Waals surface area contributed by atoms with Crippen LogP contribution in [0.5, 0.6) is 0 Å². The number of nitrogens with one attached hydrogen (secondary N) is 1. The van der Waals surface area contributed by atoms with E-state index in [0.717, 1.165) is 0 Å². The summed E-state index contributed by atoms with van der Waals surface area (Å²) in [4.78, 5) is 21.6. The summed E-state index contributed by atoms with van der Waals surface area (Å²) in [6, 6.07) is -1.21. The van der Waals surface area contributed by atoms with E-state index in [1.807, 2.05) is 0 Å². The summed E-state index contributed by atoms with van der Waals surface area (Å²) in [5.74, 6) is -1.30. The molecule has 0 amide bonds. The SMILES string of the molecule is CCOC(=O)[C@H](C)NCCC[C@@H](N)C(=O)O. The zero-order chi connectivity index (χ0) is 12.6. The highest BCUT2D eigenvalue weighted by Gasteiger charge is 2.14. The molecule has 0 aliphatic rings. The average molecular weight is 232 g/mol. The van der Waals surface area contributed by atoms with Crippen molar-refractivity contribution in [2.75, 3.05) is 13.2 Å². The van der Waals surface area contributed by atoms with E-state index in [0.29, 0.717) is 26.0 Å². The van der Waals surface area contributed by atoms with Crippen LogP contribution in [0.25, 0.3) is 0 Å². The number of carboxylic acid groups (broad SMARTS) is 1. The van der Waals surface area contributed by atoms with Gasteiger partial charge in [-0.05, 0) is 33.2 Å². The number of carboxylic acids is 1. The smallest absolute Gasteiger partial charge is 0.322 e. The van der Waals surface area contributed by atoms with Gasteiger partial charge in [-0.15, -0.1) is 0 Å². The lowest BCUT2D eigenvalue weighted by atomic mass is 10.1. The van der Waals surface area contributed by atoms with Crippen molar-refractivity contribution >= 4 is 11.9 Å². The molecule has 2 atom stereocenters. The van der Waals surface area contributed by atoms with E-state index in [1.54, 1.807) is 13.8 Å². The molecule has 6 nitrogen and oxygen atoms in total. The van der Waals surface area contributed by atoms with Crippen LogP contribution in [-0.2, 0) is 14.3 Å². The molecule has 0 aliphatic heterocycles. The van der Waals surface area contributed by atoms with Crippen LogP contribution in [0.4, 0.5) is 0 Å². The molecular weight excluding hydrogens is 212 g/mol. The van der Waals surface area contributed by atoms with Gasteiger partial charge in [0.2, 0.25) is 0 Å². The van der Waals surface area contributed by atoms with E-state index in [4.69, 9.17) is 15.6 Å². The first kappa shape index (κ1) is 14.9. The summed E-state index contributed by atoms with van der Waals surface area (Å²) in [6.07, 6.45) is 0.995. The molecule has 0 aromatic rings. The highest BCUT2D eigenvalue weighted by molar-refractivity contribution is 5.75. The monoisotopic (exact) mass is 232 g/mol. The van der Waals surface area contributed by atoms with Crippen molar-refractivity contribution in [3.8, 4) is 0 Å². The molecule has 0 radical (unpaired) electrons. The molecule has 0 heterocycles. The van der Waals surface area contributed by atoms with Gasteiger partial charge in [0.25, 0.3) is 0 Å². The van der Waals surface area contributed by atoms with Crippen LogP contribution in [0, 0.1) is 0 Å². The first-order valence-corrected chi connectivity index (χ1v) is 5.37. The molecule has 0 rings (SSSR count). The minimum absolute atomic E-state index is 0.301. The molecule has 94 valence electrons. The summed E-state index contributed by atoms with van der Waals surface area (Å²) in [6.45, 7) is 4.35. The van der Waals surface area contributed by atoms with Gasteiger partial charge in [-0.1, -0.05) is 0 Å². The van der Waals surface area contributed by atoms with Crippen molar-refractivity contribution in [2.24, 2.45) is 5.73 Å². The summed E-state index contributed by atoms with van der Waals surface area (Å²) < 4.78 is 4.80. The number of carbonyl (C=O) groups excluding carboxylic acids is 1. The molecule has 0 saturated heterocycles. The standard InChI is InChI=1S/C10H20N2O4/c1-3-16-10(15)7(2)12-6-4-5-8(11)9(13)14/h7-8,12H,3-6,11H2,1-2H3,(H,13,14)/t7-,8+/m0/s1. The number of esters is 1. The lowest BCUT2D eigenvalue weighted by Gasteiger charge is -2.12. The fourth-order valence-electron chi connectivity index (χ4n) is 1.11. The van der Waals surface area contributed by atoms with E-state index in [1.165, 1.54) is 0 Å². The van der Waals surface area contributed by atoms with Gasteiger partial charge < -0.3 is 20.9 Å². The first-order chi connectivity index (χ1) is 7.49. The first-order valence-electron chi connectivity index (χ1n) is 5.37. The van der Waals surface area contributed by atoms with E-state index >= 15 is 0 Å². The maximum absolute atomic E-state index is 11.2. The zero-order valence-electron chi connectivity index (χ0n) is 9.73. The van der Waals surface area contributed by atoms with Gasteiger partial charge in [0.1, 0.15) is 12.1 Å². The Labute approximate surface area is 95.1 Å². The number of hydrogen-bond acceptors (Lipinski definition) is 5. The third-order valence-electron chi connectivity index (χ3n) is 2.10. The fraction of sp³-hybridized carbons (Fsp3) is 0.800. The molecule has 0 saturated carbocycles. The second-order valence-corrected chi connectivity index (χ2v) is 3.51. The maximum Gasteiger partial charge on any atom is 0.322 e. The second kappa shape index (κ2) is 8.06. The molecule has 6 heteroatoms. The number of rotatable bonds is 8. The Morgan fingerprint density at radius 3 is 2.62 bits per heavy atom. The molecule has 0 aliphatic carbocycles. The quantitative estimate of drug-likeness (QED) is 0.393. The van der Waals surface area contributed by atoms with Gasteiger partial charge in [-0.25, -0.2) is 0 Å². The fourth-order valence-corrected chi connectivity index (χ4v) is 1.11. The van der Waals surface area contributed by atoms with E-state index in [-0.39, 0.29) is 12.0 Å². The van der Waals surface area contributed by atoms with Gasteiger partial charge in [0, 0.05) is 0 Å². The van der Waals surface area contributed by atoms with Crippen LogP contribution < -0.4 is 11.1 Å². The summed E-state index contributed by atoms with van der Waals surface area (Å²) >= 11 is 0. The van der Waals surface area contributed by atoms with Gasteiger partial charge in [-0.2, -0.15) is 0 Å². The Morgan fingerprint density at radius 2 is 2.12 bits per heavy atom. The van der Waals surface area contributed by atoms with Gasteiger partial charge in [0.15, 0.2) is 0 Å². The third kappa shape index (κ3) is 6.36. The van der Waals surface area contributed by atoms with Crippen molar-refractivity contribution < 1.29 is 19.4 Å². The molecule has 4 N–H and O–H groups in total. The van der Waals surface area contributed by atoms with Crippen LogP contribution in [0.2, 0.25) is 0 Å². The minimum Gasteiger partial charge on any atom is -0.480 e. The Morgan fingerprint density at radius 1 is 1.50 bits per heavy atom. The Hall–Kier alpha value is -1.14. The predicted molar refractivity (Wildman–Crippen MR) is 58.9 cm³/mol.